The SMILES string of the molecule is CCCCCNC(=O)c1sc(N2CCCC2)nc1N. The predicted molar refractivity (Wildman–Crippen MR) is 79.8 cm³/mol. The van der Waals surface area contributed by atoms with Gasteiger partial charge >= 0.3 is 0 Å². The van der Waals surface area contributed by atoms with E-state index in [1.165, 1.54) is 24.2 Å². The molecule has 0 aliphatic carbocycles. The third kappa shape index (κ3) is 3.59. The molecule has 2 heterocycles. The van der Waals surface area contributed by atoms with E-state index < -0.39 is 0 Å². The highest BCUT2D eigenvalue weighted by atomic mass is 32.1. The number of nitrogens with zero attached hydrogens (tertiary/aromatic N) is 2. The molecule has 0 aromatic carbocycles. The van der Waals surface area contributed by atoms with Crippen molar-refractivity contribution in [3.8, 4) is 0 Å². The molecule has 1 aromatic rings. The summed E-state index contributed by atoms with van der Waals surface area (Å²) in [7, 11) is 0. The number of amides is 1. The van der Waals surface area contributed by atoms with Crippen molar-refractivity contribution in [1.29, 1.82) is 0 Å². The molecule has 6 heteroatoms. The van der Waals surface area contributed by atoms with E-state index in [0.29, 0.717) is 17.2 Å². The lowest BCUT2D eigenvalue weighted by Crippen LogP contribution is -2.24. The van der Waals surface area contributed by atoms with Crippen LogP contribution in [0.3, 0.4) is 0 Å². The lowest BCUT2D eigenvalue weighted by Gasteiger charge is -2.11. The molecule has 3 N–H and O–H groups in total. The number of hydrogen-bond acceptors (Lipinski definition) is 5. The van der Waals surface area contributed by atoms with Crippen LogP contribution in [0, 0.1) is 0 Å². The van der Waals surface area contributed by atoms with Crippen molar-refractivity contribution in [2.75, 3.05) is 30.3 Å². The Morgan fingerprint density at radius 3 is 2.84 bits per heavy atom. The van der Waals surface area contributed by atoms with Crippen molar-refractivity contribution >= 4 is 28.2 Å². The Labute approximate surface area is 118 Å². The first-order chi connectivity index (χ1) is 9.22. The van der Waals surface area contributed by atoms with E-state index >= 15 is 0 Å². The van der Waals surface area contributed by atoms with Gasteiger partial charge < -0.3 is 16.0 Å². The van der Waals surface area contributed by atoms with E-state index in [9.17, 15) is 4.79 Å². The Morgan fingerprint density at radius 1 is 1.42 bits per heavy atom. The van der Waals surface area contributed by atoms with Crippen molar-refractivity contribution in [1.82, 2.24) is 10.3 Å². The smallest absolute Gasteiger partial charge is 0.265 e. The fraction of sp³-hybridized carbons (Fsp3) is 0.692. The van der Waals surface area contributed by atoms with Crippen molar-refractivity contribution in [2.24, 2.45) is 0 Å². The maximum atomic E-state index is 12.0. The highest BCUT2D eigenvalue weighted by molar-refractivity contribution is 7.18. The Hall–Kier alpha value is -1.30. The molecule has 5 nitrogen and oxygen atoms in total. The Morgan fingerprint density at radius 2 is 2.16 bits per heavy atom. The third-order valence-electron chi connectivity index (χ3n) is 3.29. The molecule has 0 radical (unpaired) electrons. The van der Waals surface area contributed by atoms with Gasteiger partial charge in [-0.15, -0.1) is 0 Å². The first-order valence-corrected chi connectivity index (χ1v) is 7.83. The van der Waals surface area contributed by atoms with Gasteiger partial charge in [-0.3, -0.25) is 4.79 Å². The van der Waals surface area contributed by atoms with Crippen molar-refractivity contribution < 1.29 is 4.79 Å². The Kier molecular flexibility index (Phi) is 5.01. The third-order valence-corrected chi connectivity index (χ3v) is 4.42. The Balaban J connectivity index is 1.93. The van der Waals surface area contributed by atoms with Gasteiger partial charge in [-0.25, -0.2) is 4.98 Å². The van der Waals surface area contributed by atoms with Crippen LogP contribution in [0.25, 0.3) is 0 Å². The molecular formula is C13H22N4OS. The molecule has 0 bridgehead atoms. The molecule has 0 saturated carbocycles. The van der Waals surface area contributed by atoms with Crippen LogP contribution in [0.4, 0.5) is 10.9 Å². The van der Waals surface area contributed by atoms with E-state index in [1.54, 1.807) is 0 Å². The molecule has 1 aromatic heterocycles. The van der Waals surface area contributed by atoms with Gasteiger partial charge in [0.2, 0.25) is 0 Å². The van der Waals surface area contributed by atoms with Gasteiger partial charge in [0, 0.05) is 19.6 Å². The van der Waals surface area contributed by atoms with Crippen LogP contribution in [-0.2, 0) is 0 Å². The van der Waals surface area contributed by atoms with Crippen LogP contribution < -0.4 is 16.0 Å². The van der Waals surface area contributed by atoms with Gasteiger partial charge in [-0.05, 0) is 19.3 Å². The molecule has 19 heavy (non-hydrogen) atoms. The summed E-state index contributed by atoms with van der Waals surface area (Å²) >= 11 is 1.41. The lowest BCUT2D eigenvalue weighted by molar-refractivity contribution is 0.0957. The molecule has 2 rings (SSSR count). The second-order valence-electron chi connectivity index (χ2n) is 4.87. The van der Waals surface area contributed by atoms with Crippen molar-refractivity contribution in [3.63, 3.8) is 0 Å². The number of carbonyl (C=O) groups excluding carboxylic acids is 1. The highest BCUT2D eigenvalue weighted by Gasteiger charge is 2.21. The fourth-order valence-corrected chi connectivity index (χ4v) is 3.14. The van der Waals surface area contributed by atoms with Crippen LogP contribution in [0.5, 0.6) is 0 Å². The van der Waals surface area contributed by atoms with E-state index in [2.05, 4.69) is 22.1 Å². The molecule has 1 amide bonds. The van der Waals surface area contributed by atoms with Gasteiger partial charge in [0.15, 0.2) is 5.13 Å². The normalized spacial score (nSPS) is 14.9. The predicted octanol–water partition coefficient (Wildman–Crippen LogP) is 2.25. The van der Waals surface area contributed by atoms with Crippen molar-refractivity contribution in [2.45, 2.75) is 39.0 Å². The molecule has 1 saturated heterocycles. The maximum Gasteiger partial charge on any atom is 0.265 e. The average molecular weight is 282 g/mol. The zero-order valence-corrected chi connectivity index (χ0v) is 12.3. The quantitative estimate of drug-likeness (QED) is 0.785. The van der Waals surface area contributed by atoms with Crippen molar-refractivity contribution in [3.05, 3.63) is 4.88 Å². The molecule has 1 aliphatic heterocycles. The number of nitrogens with two attached hydrogens (primary N) is 1. The summed E-state index contributed by atoms with van der Waals surface area (Å²) in [4.78, 5) is 19.1. The van der Waals surface area contributed by atoms with E-state index in [0.717, 1.165) is 37.5 Å². The average Bonchev–Trinajstić information content (AvgIpc) is 3.03. The fourth-order valence-electron chi connectivity index (χ4n) is 2.18. The zero-order valence-electron chi connectivity index (χ0n) is 11.4. The number of thiazole rings is 1. The first kappa shape index (κ1) is 14.1. The maximum absolute atomic E-state index is 12.0. The summed E-state index contributed by atoms with van der Waals surface area (Å²) in [5.74, 6) is 0.274. The minimum absolute atomic E-state index is 0.0865. The van der Waals surface area contributed by atoms with Gasteiger partial charge in [0.25, 0.3) is 5.91 Å². The summed E-state index contributed by atoms with van der Waals surface area (Å²) in [6.45, 7) is 4.89. The molecule has 1 fully saturated rings. The molecule has 0 spiro atoms. The van der Waals surface area contributed by atoms with E-state index in [-0.39, 0.29) is 5.91 Å². The molecule has 0 unspecified atom stereocenters. The monoisotopic (exact) mass is 282 g/mol. The van der Waals surface area contributed by atoms with Crippen LogP contribution >= 0.6 is 11.3 Å². The van der Waals surface area contributed by atoms with E-state index in [4.69, 9.17) is 5.73 Å². The number of nitrogens with one attached hydrogen (secondary N) is 1. The van der Waals surface area contributed by atoms with Gasteiger partial charge in [-0.1, -0.05) is 31.1 Å². The lowest BCUT2D eigenvalue weighted by atomic mass is 10.2. The minimum Gasteiger partial charge on any atom is -0.382 e. The summed E-state index contributed by atoms with van der Waals surface area (Å²) in [5.41, 5.74) is 5.85. The minimum atomic E-state index is -0.0865. The number of anilines is 2. The Bertz CT molecular complexity index is 426. The molecule has 0 atom stereocenters. The first-order valence-electron chi connectivity index (χ1n) is 7.01. The highest BCUT2D eigenvalue weighted by Crippen LogP contribution is 2.30. The summed E-state index contributed by atoms with van der Waals surface area (Å²) in [6.07, 6.45) is 5.69. The van der Waals surface area contributed by atoms with Crippen LogP contribution in [-0.4, -0.2) is 30.5 Å². The molecule has 106 valence electrons. The molecule has 1 aliphatic rings. The van der Waals surface area contributed by atoms with Gasteiger partial charge in [-0.2, -0.15) is 0 Å². The number of hydrogen-bond donors (Lipinski definition) is 2. The second kappa shape index (κ2) is 6.75. The summed E-state index contributed by atoms with van der Waals surface area (Å²) in [6, 6.07) is 0. The summed E-state index contributed by atoms with van der Waals surface area (Å²) < 4.78 is 0. The number of nitrogen functional groups attached to an aromatic ring is 1. The largest absolute Gasteiger partial charge is 0.382 e. The molecular weight excluding hydrogens is 260 g/mol. The van der Waals surface area contributed by atoms with Gasteiger partial charge in [0.1, 0.15) is 10.7 Å². The van der Waals surface area contributed by atoms with E-state index in [1.807, 2.05) is 0 Å². The second-order valence-corrected chi connectivity index (χ2v) is 5.85. The topological polar surface area (TPSA) is 71.2 Å². The number of rotatable bonds is 6. The van der Waals surface area contributed by atoms with Crippen LogP contribution in [0.15, 0.2) is 0 Å². The van der Waals surface area contributed by atoms with Gasteiger partial charge in [0.05, 0.1) is 0 Å². The number of unbranched alkanes of at least 4 members (excludes halogenated alkanes) is 2. The number of carbonyl (C=O) groups is 1. The van der Waals surface area contributed by atoms with Crippen LogP contribution in [0.2, 0.25) is 0 Å². The zero-order chi connectivity index (χ0) is 13.7. The summed E-state index contributed by atoms with van der Waals surface area (Å²) in [5, 5.41) is 3.79. The van der Waals surface area contributed by atoms with Crippen LogP contribution in [0.1, 0.15) is 48.7 Å². The standard InChI is InChI=1S/C13H22N4OS/c1-2-3-4-7-15-12(18)10-11(14)16-13(19-10)17-8-5-6-9-17/h2-9,14H2,1H3,(H,15,18). The number of aromatic nitrogens is 1.